The number of aryl methyl sites for hydroxylation is 1. The van der Waals surface area contributed by atoms with Crippen LogP contribution in [-0.4, -0.2) is 63.4 Å². The van der Waals surface area contributed by atoms with E-state index in [-0.39, 0.29) is 5.91 Å². The molecular weight excluding hydrogens is 260 g/mol. The Hall–Kier alpha value is -1.01. The Morgan fingerprint density at radius 1 is 1.37 bits per heavy atom. The van der Waals surface area contributed by atoms with Crippen LogP contribution < -0.4 is 0 Å². The molecule has 6 heteroatoms. The molecule has 0 aromatic carbocycles. The van der Waals surface area contributed by atoms with Crippen LogP contribution in [0.5, 0.6) is 0 Å². The molecule has 1 aliphatic rings. The Morgan fingerprint density at radius 2 is 2.21 bits per heavy atom. The van der Waals surface area contributed by atoms with Gasteiger partial charge in [-0.2, -0.15) is 11.8 Å². The zero-order valence-corrected chi connectivity index (χ0v) is 12.5. The predicted octanol–water partition coefficient (Wildman–Crippen LogP) is 0.817. The molecule has 106 valence electrons. The molecule has 0 spiro atoms. The van der Waals surface area contributed by atoms with Gasteiger partial charge in [0.25, 0.3) is 0 Å². The lowest BCUT2D eigenvalue weighted by molar-refractivity contribution is -0.128. The van der Waals surface area contributed by atoms with Gasteiger partial charge in [0.2, 0.25) is 5.91 Å². The molecule has 0 aliphatic carbocycles. The maximum absolute atomic E-state index is 11.9. The summed E-state index contributed by atoms with van der Waals surface area (Å²) in [5.74, 6) is 1.95. The van der Waals surface area contributed by atoms with E-state index in [4.69, 9.17) is 0 Å². The first kappa shape index (κ1) is 14.4. The fraction of sp³-hybridized carbons (Fsp3) is 0.692. The number of carbonyl (C=O) groups is 1. The lowest BCUT2D eigenvalue weighted by Crippen LogP contribution is -2.36. The van der Waals surface area contributed by atoms with E-state index in [1.54, 1.807) is 11.8 Å². The number of hydrogen-bond acceptors (Lipinski definition) is 4. The van der Waals surface area contributed by atoms with E-state index in [0.717, 1.165) is 45.0 Å². The van der Waals surface area contributed by atoms with E-state index in [1.807, 2.05) is 30.6 Å². The highest BCUT2D eigenvalue weighted by Gasteiger charge is 2.19. The quantitative estimate of drug-likeness (QED) is 0.820. The van der Waals surface area contributed by atoms with Gasteiger partial charge in [-0.15, -0.1) is 0 Å². The van der Waals surface area contributed by atoms with Crippen LogP contribution in [0, 0.1) is 0 Å². The second-order valence-electron chi connectivity index (χ2n) is 4.90. The molecule has 5 nitrogen and oxygen atoms in total. The van der Waals surface area contributed by atoms with Crippen molar-refractivity contribution in [2.24, 2.45) is 7.05 Å². The molecule has 19 heavy (non-hydrogen) atoms. The summed E-state index contributed by atoms with van der Waals surface area (Å²) in [6, 6.07) is 0. The van der Waals surface area contributed by atoms with Gasteiger partial charge in [-0.05, 0) is 12.7 Å². The van der Waals surface area contributed by atoms with Crippen LogP contribution in [0.2, 0.25) is 0 Å². The third-order valence-corrected chi connectivity index (χ3v) is 4.03. The molecule has 0 atom stereocenters. The van der Waals surface area contributed by atoms with Crippen molar-refractivity contribution in [2.75, 3.05) is 38.2 Å². The first-order valence-corrected chi connectivity index (χ1v) is 8.05. The number of imidazole rings is 1. The van der Waals surface area contributed by atoms with Crippen LogP contribution in [0.4, 0.5) is 0 Å². The van der Waals surface area contributed by atoms with E-state index in [2.05, 4.69) is 14.5 Å². The largest absolute Gasteiger partial charge is 0.341 e. The lowest BCUT2D eigenvalue weighted by atomic mass is 10.3. The van der Waals surface area contributed by atoms with Gasteiger partial charge in [-0.25, -0.2) is 4.98 Å². The average molecular weight is 282 g/mol. The van der Waals surface area contributed by atoms with Crippen molar-refractivity contribution in [1.29, 1.82) is 0 Å². The van der Waals surface area contributed by atoms with E-state index >= 15 is 0 Å². The molecule has 0 N–H and O–H groups in total. The fourth-order valence-corrected chi connectivity index (χ4v) is 2.77. The molecule has 1 aromatic heterocycles. The van der Waals surface area contributed by atoms with Gasteiger partial charge < -0.3 is 9.47 Å². The summed E-state index contributed by atoms with van der Waals surface area (Å²) in [6.07, 6.45) is 6.83. The van der Waals surface area contributed by atoms with Gasteiger partial charge in [0.05, 0.1) is 12.3 Å². The molecular formula is C13H22N4OS. The summed E-state index contributed by atoms with van der Waals surface area (Å²) in [5, 5.41) is 0. The van der Waals surface area contributed by atoms with Crippen LogP contribution >= 0.6 is 11.8 Å². The summed E-state index contributed by atoms with van der Waals surface area (Å²) >= 11 is 1.60. The summed E-state index contributed by atoms with van der Waals surface area (Å²) in [7, 11) is 2.02. The molecule has 1 amide bonds. The van der Waals surface area contributed by atoms with Gasteiger partial charge in [0, 0.05) is 45.6 Å². The van der Waals surface area contributed by atoms with Crippen LogP contribution in [0.3, 0.4) is 0 Å². The molecule has 0 bridgehead atoms. The van der Waals surface area contributed by atoms with Crippen molar-refractivity contribution < 1.29 is 4.79 Å². The number of rotatable bonds is 4. The Bertz CT molecular complexity index is 421. The Balaban J connectivity index is 1.86. The molecule has 2 rings (SSSR count). The highest BCUT2D eigenvalue weighted by molar-refractivity contribution is 7.99. The summed E-state index contributed by atoms with van der Waals surface area (Å²) in [4.78, 5) is 20.6. The van der Waals surface area contributed by atoms with Crippen LogP contribution in [-0.2, 0) is 18.4 Å². The average Bonchev–Trinajstić information content (AvgIpc) is 2.65. The minimum atomic E-state index is 0.270. The number of thioether (sulfide) groups is 1. The molecule has 1 aliphatic heterocycles. The van der Waals surface area contributed by atoms with E-state index in [1.165, 1.54) is 0 Å². The SMILES string of the molecule is CSCC(=O)N1CCCN(Cc2nccn2C)CC1. The Labute approximate surface area is 119 Å². The van der Waals surface area contributed by atoms with E-state index < -0.39 is 0 Å². The van der Waals surface area contributed by atoms with Crippen molar-refractivity contribution in [3.05, 3.63) is 18.2 Å². The second-order valence-corrected chi connectivity index (χ2v) is 5.76. The number of hydrogen-bond donors (Lipinski definition) is 0. The minimum absolute atomic E-state index is 0.270. The van der Waals surface area contributed by atoms with Crippen molar-refractivity contribution in [3.8, 4) is 0 Å². The van der Waals surface area contributed by atoms with Crippen molar-refractivity contribution >= 4 is 17.7 Å². The highest BCUT2D eigenvalue weighted by Crippen LogP contribution is 2.08. The third kappa shape index (κ3) is 3.98. The highest BCUT2D eigenvalue weighted by atomic mass is 32.2. The topological polar surface area (TPSA) is 41.4 Å². The standard InChI is InChI=1S/C13H22N4OS/c1-15-7-4-14-12(15)10-16-5-3-6-17(9-8-16)13(18)11-19-2/h4,7H,3,5-6,8-11H2,1-2H3. The normalized spacial score (nSPS) is 17.5. The molecule has 1 fully saturated rings. The monoisotopic (exact) mass is 282 g/mol. The Kier molecular flexibility index (Phi) is 5.27. The first-order chi connectivity index (χ1) is 9.20. The molecule has 0 saturated carbocycles. The van der Waals surface area contributed by atoms with Crippen molar-refractivity contribution in [2.45, 2.75) is 13.0 Å². The first-order valence-electron chi connectivity index (χ1n) is 6.66. The molecule has 1 aromatic rings. The number of nitrogens with zero attached hydrogens (tertiary/aromatic N) is 4. The number of carbonyl (C=O) groups excluding carboxylic acids is 1. The maximum Gasteiger partial charge on any atom is 0.232 e. The van der Waals surface area contributed by atoms with E-state index in [0.29, 0.717) is 5.75 Å². The molecule has 1 saturated heterocycles. The number of amides is 1. The second kappa shape index (κ2) is 6.96. The van der Waals surface area contributed by atoms with Gasteiger partial charge in [0.1, 0.15) is 5.82 Å². The number of aromatic nitrogens is 2. The van der Waals surface area contributed by atoms with Gasteiger partial charge in [-0.3, -0.25) is 9.69 Å². The minimum Gasteiger partial charge on any atom is -0.341 e. The zero-order valence-electron chi connectivity index (χ0n) is 11.7. The summed E-state index contributed by atoms with van der Waals surface area (Å²) in [5.41, 5.74) is 0. The van der Waals surface area contributed by atoms with E-state index in [9.17, 15) is 4.79 Å². The smallest absolute Gasteiger partial charge is 0.232 e. The maximum atomic E-state index is 11.9. The zero-order chi connectivity index (χ0) is 13.7. The van der Waals surface area contributed by atoms with Gasteiger partial charge >= 0.3 is 0 Å². The van der Waals surface area contributed by atoms with Gasteiger partial charge in [-0.1, -0.05) is 0 Å². The predicted molar refractivity (Wildman–Crippen MR) is 78.1 cm³/mol. The van der Waals surface area contributed by atoms with Crippen molar-refractivity contribution in [1.82, 2.24) is 19.4 Å². The van der Waals surface area contributed by atoms with Crippen LogP contribution in [0.25, 0.3) is 0 Å². The van der Waals surface area contributed by atoms with Crippen LogP contribution in [0.15, 0.2) is 12.4 Å². The summed E-state index contributed by atoms with van der Waals surface area (Å²) < 4.78 is 2.06. The Morgan fingerprint density at radius 3 is 2.89 bits per heavy atom. The molecule has 0 radical (unpaired) electrons. The molecule has 2 heterocycles. The lowest BCUT2D eigenvalue weighted by Gasteiger charge is -2.21. The third-order valence-electron chi connectivity index (χ3n) is 3.50. The fourth-order valence-electron chi connectivity index (χ4n) is 2.34. The van der Waals surface area contributed by atoms with Gasteiger partial charge in [0.15, 0.2) is 0 Å². The van der Waals surface area contributed by atoms with Crippen molar-refractivity contribution in [3.63, 3.8) is 0 Å². The summed E-state index contributed by atoms with van der Waals surface area (Å²) in [6.45, 7) is 4.57. The van der Waals surface area contributed by atoms with Crippen LogP contribution in [0.1, 0.15) is 12.2 Å². The molecule has 0 unspecified atom stereocenters.